The number of aromatic nitrogens is 2. The number of carboxylic acids is 1. The van der Waals surface area contributed by atoms with E-state index in [2.05, 4.69) is 15.5 Å². The lowest BCUT2D eigenvalue weighted by molar-refractivity contribution is -0.126. The predicted octanol–water partition coefficient (Wildman–Crippen LogP) is 0.471. The fourth-order valence-corrected chi connectivity index (χ4v) is 1.72. The Bertz CT molecular complexity index is 443. The van der Waals surface area contributed by atoms with Crippen LogP contribution in [0.4, 0.5) is 5.82 Å². The molecule has 1 aliphatic heterocycles. The molecule has 0 saturated carbocycles. The Kier molecular flexibility index (Phi) is 3.10. The summed E-state index contributed by atoms with van der Waals surface area (Å²) in [6.45, 7) is 2.50. The van der Waals surface area contributed by atoms with Gasteiger partial charge in [0, 0.05) is 12.7 Å². The van der Waals surface area contributed by atoms with Gasteiger partial charge in [-0.3, -0.25) is 9.89 Å². The number of ether oxygens (including phenoxy) is 1. The SMILES string of the molecule is CC1CCOC1C(=O)Nc1cc(C(=O)O)[nH]n1. The molecule has 2 atom stereocenters. The fraction of sp³-hybridized carbons (Fsp3) is 0.500. The Morgan fingerprint density at radius 2 is 2.41 bits per heavy atom. The molecule has 3 N–H and O–H groups in total. The average molecular weight is 239 g/mol. The molecule has 1 saturated heterocycles. The van der Waals surface area contributed by atoms with E-state index in [1.807, 2.05) is 6.92 Å². The number of nitrogens with zero attached hydrogens (tertiary/aromatic N) is 1. The van der Waals surface area contributed by atoms with Gasteiger partial charge in [-0.2, -0.15) is 5.10 Å². The van der Waals surface area contributed by atoms with Crippen molar-refractivity contribution < 1.29 is 19.4 Å². The number of aromatic carboxylic acids is 1. The summed E-state index contributed by atoms with van der Waals surface area (Å²) < 4.78 is 5.29. The van der Waals surface area contributed by atoms with Crippen LogP contribution in [-0.2, 0) is 9.53 Å². The van der Waals surface area contributed by atoms with E-state index in [0.29, 0.717) is 6.61 Å². The van der Waals surface area contributed by atoms with Crippen LogP contribution in [0.3, 0.4) is 0 Å². The van der Waals surface area contributed by atoms with Crippen LogP contribution in [0.1, 0.15) is 23.8 Å². The Morgan fingerprint density at radius 3 is 2.94 bits per heavy atom. The first-order chi connectivity index (χ1) is 8.08. The lowest BCUT2D eigenvalue weighted by Crippen LogP contribution is -2.31. The van der Waals surface area contributed by atoms with Gasteiger partial charge in [0.1, 0.15) is 11.8 Å². The zero-order valence-electron chi connectivity index (χ0n) is 9.27. The number of nitrogens with one attached hydrogen (secondary N) is 2. The summed E-state index contributed by atoms with van der Waals surface area (Å²) in [5, 5.41) is 17.2. The van der Waals surface area contributed by atoms with Crippen molar-refractivity contribution >= 4 is 17.7 Å². The summed E-state index contributed by atoms with van der Waals surface area (Å²) in [5.74, 6) is -1.06. The summed E-state index contributed by atoms with van der Waals surface area (Å²) in [7, 11) is 0. The highest BCUT2D eigenvalue weighted by Crippen LogP contribution is 2.21. The summed E-state index contributed by atoms with van der Waals surface area (Å²) in [4.78, 5) is 22.4. The largest absolute Gasteiger partial charge is 0.477 e. The quantitative estimate of drug-likeness (QED) is 0.711. The minimum atomic E-state index is -1.12. The second-order valence-electron chi connectivity index (χ2n) is 4.02. The zero-order chi connectivity index (χ0) is 12.4. The molecule has 0 aliphatic carbocycles. The molecule has 17 heavy (non-hydrogen) atoms. The van der Waals surface area contributed by atoms with Gasteiger partial charge in [0.05, 0.1) is 0 Å². The van der Waals surface area contributed by atoms with Crippen molar-refractivity contribution in [2.45, 2.75) is 19.4 Å². The maximum atomic E-state index is 11.8. The molecule has 7 heteroatoms. The van der Waals surface area contributed by atoms with Gasteiger partial charge in [0.2, 0.25) is 0 Å². The number of hydrogen-bond acceptors (Lipinski definition) is 4. The number of aromatic amines is 1. The number of carbonyl (C=O) groups is 2. The number of rotatable bonds is 3. The maximum Gasteiger partial charge on any atom is 0.353 e. The van der Waals surface area contributed by atoms with E-state index in [1.54, 1.807) is 0 Å². The van der Waals surface area contributed by atoms with Crippen molar-refractivity contribution in [3.8, 4) is 0 Å². The van der Waals surface area contributed by atoms with Crippen LogP contribution in [0.15, 0.2) is 6.07 Å². The molecular weight excluding hydrogens is 226 g/mol. The Morgan fingerprint density at radius 1 is 1.65 bits per heavy atom. The highest BCUT2D eigenvalue weighted by Gasteiger charge is 2.31. The van der Waals surface area contributed by atoms with Crippen LogP contribution in [-0.4, -0.2) is 39.9 Å². The normalized spacial score (nSPS) is 23.6. The van der Waals surface area contributed by atoms with Crippen LogP contribution in [0.25, 0.3) is 0 Å². The van der Waals surface area contributed by atoms with Crippen molar-refractivity contribution in [2.75, 3.05) is 11.9 Å². The van der Waals surface area contributed by atoms with Crippen LogP contribution >= 0.6 is 0 Å². The van der Waals surface area contributed by atoms with E-state index >= 15 is 0 Å². The lowest BCUT2D eigenvalue weighted by atomic mass is 10.0. The fourth-order valence-electron chi connectivity index (χ4n) is 1.72. The van der Waals surface area contributed by atoms with Gasteiger partial charge in [-0.05, 0) is 12.3 Å². The molecule has 0 radical (unpaired) electrons. The third kappa shape index (κ3) is 2.44. The molecule has 2 unspecified atom stereocenters. The number of H-pyrrole nitrogens is 1. The average Bonchev–Trinajstić information content (AvgIpc) is 2.86. The monoisotopic (exact) mass is 239 g/mol. The first-order valence-electron chi connectivity index (χ1n) is 5.29. The molecule has 92 valence electrons. The molecule has 2 heterocycles. The highest BCUT2D eigenvalue weighted by molar-refractivity contribution is 5.95. The van der Waals surface area contributed by atoms with Gasteiger partial charge in [0.15, 0.2) is 5.82 Å². The topological polar surface area (TPSA) is 104 Å². The molecule has 0 spiro atoms. The molecule has 2 rings (SSSR count). The summed E-state index contributed by atoms with van der Waals surface area (Å²) in [6.07, 6.45) is 0.360. The number of carbonyl (C=O) groups excluding carboxylic acids is 1. The number of hydrogen-bond donors (Lipinski definition) is 3. The van der Waals surface area contributed by atoms with E-state index in [-0.39, 0.29) is 23.3 Å². The Balaban J connectivity index is 2.00. The third-order valence-electron chi connectivity index (χ3n) is 2.71. The molecule has 0 bridgehead atoms. The number of carboxylic acid groups (broad SMARTS) is 1. The van der Waals surface area contributed by atoms with Crippen molar-refractivity contribution in [1.29, 1.82) is 0 Å². The molecule has 7 nitrogen and oxygen atoms in total. The highest BCUT2D eigenvalue weighted by atomic mass is 16.5. The first kappa shape index (κ1) is 11.6. The molecular formula is C10H13N3O4. The maximum absolute atomic E-state index is 11.8. The molecule has 0 aromatic carbocycles. The number of anilines is 1. The summed E-state index contributed by atoms with van der Waals surface area (Å²) in [6, 6.07) is 1.26. The molecule has 1 amide bonds. The van der Waals surface area contributed by atoms with Crippen LogP contribution in [0, 0.1) is 5.92 Å². The van der Waals surface area contributed by atoms with E-state index < -0.39 is 12.1 Å². The van der Waals surface area contributed by atoms with Gasteiger partial charge in [-0.1, -0.05) is 6.92 Å². The smallest absolute Gasteiger partial charge is 0.353 e. The minimum Gasteiger partial charge on any atom is -0.477 e. The van der Waals surface area contributed by atoms with E-state index in [4.69, 9.17) is 9.84 Å². The molecule has 1 aliphatic rings. The lowest BCUT2D eigenvalue weighted by Gasteiger charge is -2.12. The second kappa shape index (κ2) is 4.54. The van der Waals surface area contributed by atoms with E-state index in [1.165, 1.54) is 6.07 Å². The summed E-state index contributed by atoms with van der Waals surface area (Å²) >= 11 is 0. The second-order valence-corrected chi connectivity index (χ2v) is 4.02. The van der Waals surface area contributed by atoms with Crippen molar-refractivity contribution in [1.82, 2.24) is 10.2 Å². The van der Waals surface area contributed by atoms with Gasteiger partial charge in [-0.15, -0.1) is 0 Å². The van der Waals surface area contributed by atoms with Crippen LogP contribution in [0.2, 0.25) is 0 Å². The first-order valence-corrected chi connectivity index (χ1v) is 5.29. The zero-order valence-corrected chi connectivity index (χ0v) is 9.27. The van der Waals surface area contributed by atoms with Crippen molar-refractivity contribution in [2.24, 2.45) is 5.92 Å². The third-order valence-corrected chi connectivity index (χ3v) is 2.71. The predicted molar refractivity (Wildman–Crippen MR) is 57.7 cm³/mol. The molecule has 1 aromatic rings. The molecule has 1 fully saturated rings. The van der Waals surface area contributed by atoms with E-state index in [0.717, 1.165) is 6.42 Å². The van der Waals surface area contributed by atoms with Crippen molar-refractivity contribution in [3.63, 3.8) is 0 Å². The van der Waals surface area contributed by atoms with Gasteiger partial charge < -0.3 is 15.2 Å². The summed E-state index contributed by atoms with van der Waals surface area (Å²) in [5.41, 5.74) is -0.0688. The van der Waals surface area contributed by atoms with Gasteiger partial charge in [0.25, 0.3) is 5.91 Å². The molecule has 1 aromatic heterocycles. The van der Waals surface area contributed by atoms with Crippen LogP contribution < -0.4 is 5.32 Å². The van der Waals surface area contributed by atoms with Crippen molar-refractivity contribution in [3.05, 3.63) is 11.8 Å². The van der Waals surface area contributed by atoms with Gasteiger partial charge in [-0.25, -0.2) is 4.79 Å². The standard InChI is InChI=1S/C10H13N3O4/c1-5-2-3-17-8(5)9(14)11-7-4-6(10(15)16)12-13-7/h4-5,8H,2-3H2,1H3,(H,15,16)(H2,11,12,13,14). The Labute approximate surface area is 97.2 Å². The van der Waals surface area contributed by atoms with Gasteiger partial charge >= 0.3 is 5.97 Å². The van der Waals surface area contributed by atoms with Crippen LogP contribution in [0.5, 0.6) is 0 Å². The minimum absolute atomic E-state index is 0.0688. The Hall–Kier alpha value is -1.89. The number of amides is 1. The van der Waals surface area contributed by atoms with E-state index in [9.17, 15) is 9.59 Å².